The van der Waals surface area contributed by atoms with Crippen LogP contribution < -0.4 is 10.5 Å². The maximum absolute atomic E-state index is 12.6. The summed E-state index contributed by atoms with van der Waals surface area (Å²) in [6.07, 6.45) is 0.672. The molecule has 0 saturated carbocycles. The van der Waals surface area contributed by atoms with Gasteiger partial charge in [0.25, 0.3) is 0 Å². The quantitative estimate of drug-likeness (QED) is 0.790. The van der Waals surface area contributed by atoms with Crippen LogP contribution in [0.1, 0.15) is 17.5 Å². The Balaban J connectivity index is 2.23. The van der Waals surface area contributed by atoms with Crippen molar-refractivity contribution in [1.29, 1.82) is 0 Å². The summed E-state index contributed by atoms with van der Waals surface area (Å²) in [5, 5.41) is 0. The molecule has 0 aromatic heterocycles. The molecule has 0 amide bonds. The zero-order chi connectivity index (χ0) is 15.7. The molecule has 21 heavy (non-hydrogen) atoms. The zero-order valence-corrected chi connectivity index (χ0v) is 13.4. The molecule has 6 nitrogen and oxygen atoms in total. The van der Waals surface area contributed by atoms with Gasteiger partial charge in [0.05, 0.1) is 11.5 Å². The van der Waals surface area contributed by atoms with E-state index >= 15 is 0 Å². The molecule has 118 valence electrons. The molecule has 1 fully saturated rings. The summed E-state index contributed by atoms with van der Waals surface area (Å²) in [6.45, 7) is 4.64. The van der Waals surface area contributed by atoms with Crippen molar-refractivity contribution in [2.45, 2.75) is 30.8 Å². The van der Waals surface area contributed by atoms with Gasteiger partial charge in [-0.15, -0.1) is 0 Å². The van der Waals surface area contributed by atoms with Crippen molar-refractivity contribution >= 4 is 15.7 Å². The first kappa shape index (κ1) is 16.2. The molecule has 1 heterocycles. The van der Waals surface area contributed by atoms with E-state index in [-0.39, 0.29) is 11.4 Å². The average molecular weight is 314 g/mol. The monoisotopic (exact) mass is 314 g/mol. The van der Waals surface area contributed by atoms with Crippen LogP contribution in [-0.2, 0) is 19.5 Å². The van der Waals surface area contributed by atoms with Gasteiger partial charge in [-0.05, 0) is 37.1 Å². The van der Waals surface area contributed by atoms with E-state index in [1.165, 1.54) is 0 Å². The fourth-order valence-electron chi connectivity index (χ4n) is 2.67. The lowest BCUT2D eigenvalue weighted by atomic mass is 10.0. The SMILES string of the molecule is COC1(CNS(=O)(=O)c2c(C)cc(N)cc2C)CCOC1. The highest BCUT2D eigenvalue weighted by molar-refractivity contribution is 7.89. The Bertz CT molecular complexity index is 599. The van der Waals surface area contributed by atoms with Gasteiger partial charge in [0.2, 0.25) is 10.0 Å². The summed E-state index contributed by atoms with van der Waals surface area (Å²) < 4.78 is 38.5. The van der Waals surface area contributed by atoms with Gasteiger partial charge < -0.3 is 15.2 Å². The summed E-state index contributed by atoms with van der Waals surface area (Å²) in [7, 11) is -2.04. The van der Waals surface area contributed by atoms with Crippen LogP contribution in [0.25, 0.3) is 0 Å². The van der Waals surface area contributed by atoms with E-state index in [1.807, 2.05) is 0 Å². The van der Waals surface area contributed by atoms with Crippen molar-refractivity contribution in [3.63, 3.8) is 0 Å². The molecular weight excluding hydrogens is 292 g/mol. The molecule has 3 N–H and O–H groups in total. The van der Waals surface area contributed by atoms with E-state index in [1.54, 1.807) is 33.1 Å². The Hall–Kier alpha value is -1.15. The van der Waals surface area contributed by atoms with E-state index in [0.29, 0.717) is 36.4 Å². The second kappa shape index (κ2) is 5.92. The number of rotatable bonds is 5. The Kier molecular flexibility index (Phi) is 4.57. The maximum atomic E-state index is 12.6. The van der Waals surface area contributed by atoms with Gasteiger partial charge >= 0.3 is 0 Å². The Morgan fingerprint density at radius 3 is 2.48 bits per heavy atom. The number of aryl methyl sites for hydroxylation is 2. The molecular formula is C14H22N2O4S. The van der Waals surface area contributed by atoms with Crippen LogP contribution in [0.15, 0.2) is 17.0 Å². The van der Waals surface area contributed by atoms with Crippen LogP contribution >= 0.6 is 0 Å². The molecule has 1 unspecified atom stereocenters. The molecule has 2 rings (SSSR count). The van der Waals surface area contributed by atoms with E-state index < -0.39 is 15.6 Å². The average Bonchev–Trinajstić information content (AvgIpc) is 2.84. The molecule has 0 aliphatic carbocycles. The second-order valence-corrected chi connectivity index (χ2v) is 7.20. The number of hydrogen-bond acceptors (Lipinski definition) is 5. The van der Waals surface area contributed by atoms with E-state index in [4.69, 9.17) is 15.2 Å². The van der Waals surface area contributed by atoms with Gasteiger partial charge in [0, 0.05) is 32.4 Å². The molecule has 7 heteroatoms. The Labute approximate surface area is 125 Å². The van der Waals surface area contributed by atoms with E-state index in [0.717, 1.165) is 0 Å². The fraction of sp³-hybridized carbons (Fsp3) is 0.571. The third-order valence-electron chi connectivity index (χ3n) is 3.84. The van der Waals surface area contributed by atoms with Gasteiger partial charge in [-0.3, -0.25) is 0 Å². The molecule has 1 aromatic rings. The van der Waals surface area contributed by atoms with Gasteiger partial charge in [0.15, 0.2) is 0 Å². The van der Waals surface area contributed by atoms with Crippen molar-refractivity contribution < 1.29 is 17.9 Å². The van der Waals surface area contributed by atoms with Crippen molar-refractivity contribution in [3.8, 4) is 0 Å². The predicted molar refractivity (Wildman–Crippen MR) is 80.7 cm³/mol. The fourth-order valence-corrected chi connectivity index (χ4v) is 4.23. The number of nitrogens with one attached hydrogen (secondary N) is 1. The van der Waals surface area contributed by atoms with Crippen LogP contribution in [-0.4, -0.2) is 40.9 Å². The van der Waals surface area contributed by atoms with Crippen LogP contribution in [0.2, 0.25) is 0 Å². The maximum Gasteiger partial charge on any atom is 0.241 e. The summed E-state index contributed by atoms with van der Waals surface area (Å²) in [6, 6.07) is 3.32. The van der Waals surface area contributed by atoms with Crippen LogP contribution in [0.4, 0.5) is 5.69 Å². The lowest BCUT2D eigenvalue weighted by Gasteiger charge is -2.26. The standard InChI is InChI=1S/C14H22N2O4S/c1-10-6-12(15)7-11(2)13(10)21(17,18)16-8-14(19-3)4-5-20-9-14/h6-7,16H,4-5,8-9,15H2,1-3H3. The normalized spacial score (nSPS) is 22.6. The summed E-state index contributed by atoms with van der Waals surface area (Å²) >= 11 is 0. The third-order valence-corrected chi connectivity index (χ3v) is 5.54. The van der Waals surface area contributed by atoms with E-state index in [2.05, 4.69) is 4.72 Å². The third kappa shape index (κ3) is 3.37. The van der Waals surface area contributed by atoms with E-state index in [9.17, 15) is 8.42 Å². The minimum atomic E-state index is -3.62. The smallest absolute Gasteiger partial charge is 0.241 e. The topological polar surface area (TPSA) is 90.7 Å². The predicted octanol–water partition coefficient (Wildman–Crippen LogP) is 0.969. The number of ether oxygens (including phenoxy) is 2. The highest BCUT2D eigenvalue weighted by Crippen LogP contribution is 2.25. The Morgan fingerprint density at radius 1 is 1.38 bits per heavy atom. The zero-order valence-electron chi connectivity index (χ0n) is 12.6. The van der Waals surface area contributed by atoms with Gasteiger partial charge in [-0.1, -0.05) is 0 Å². The van der Waals surface area contributed by atoms with Crippen molar-refractivity contribution in [2.75, 3.05) is 32.6 Å². The molecule has 1 saturated heterocycles. The minimum Gasteiger partial charge on any atom is -0.399 e. The highest BCUT2D eigenvalue weighted by Gasteiger charge is 2.36. The summed E-state index contributed by atoms with van der Waals surface area (Å²) in [4.78, 5) is 0.280. The number of nitrogens with two attached hydrogens (primary N) is 1. The summed E-state index contributed by atoms with van der Waals surface area (Å²) in [5.74, 6) is 0. The molecule has 1 aliphatic heterocycles. The van der Waals surface area contributed by atoms with Crippen molar-refractivity contribution in [1.82, 2.24) is 4.72 Å². The lowest BCUT2D eigenvalue weighted by Crippen LogP contribution is -2.45. The second-order valence-electron chi connectivity index (χ2n) is 5.50. The molecule has 0 spiro atoms. The largest absolute Gasteiger partial charge is 0.399 e. The van der Waals surface area contributed by atoms with Crippen molar-refractivity contribution in [2.24, 2.45) is 0 Å². The van der Waals surface area contributed by atoms with Gasteiger partial charge in [-0.25, -0.2) is 13.1 Å². The number of sulfonamides is 1. The first-order chi connectivity index (χ1) is 9.80. The number of methoxy groups -OCH3 is 1. The lowest BCUT2D eigenvalue weighted by molar-refractivity contribution is -0.0120. The molecule has 1 aliphatic rings. The van der Waals surface area contributed by atoms with Crippen LogP contribution in [0, 0.1) is 13.8 Å². The molecule has 1 aromatic carbocycles. The van der Waals surface area contributed by atoms with Gasteiger partial charge in [-0.2, -0.15) is 0 Å². The molecule has 1 atom stereocenters. The number of nitrogen functional groups attached to an aromatic ring is 1. The number of anilines is 1. The van der Waals surface area contributed by atoms with Gasteiger partial charge in [0.1, 0.15) is 5.60 Å². The Morgan fingerprint density at radius 2 is 2.00 bits per heavy atom. The first-order valence-corrected chi connectivity index (χ1v) is 8.27. The number of benzene rings is 1. The molecule has 0 radical (unpaired) electrons. The van der Waals surface area contributed by atoms with Crippen LogP contribution in [0.3, 0.4) is 0 Å². The summed E-state index contributed by atoms with van der Waals surface area (Å²) in [5.41, 5.74) is 6.98. The van der Waals surface area contributed by atoms with Crippen LogP contribution in [0.5, 0.6) is 0 Å². The first-order valence-electron chi connectivity index (χ1n) is 6.79. The highest BCUT2D eigenvalue weighted by atomic mass is 32.2. The molecule has 0 bridgehead atoms. The number of hydrogen-bond donors (Lipinski definition) is 2. The van der Waals surface area contributed by atoms with Crippen molar-refractivity contribution in [3.05, 3.63) is 23.3 Å². The minimum absolute atomic E-state index is 0.190.